The monoisotopic (exact) mass is 297 g/mol. The Labute approximate surface area is 105 Å². The molecule has 0 saturated carbocycles. The quantitative estimate of drug-likeness (QED) is 0.447. The van der Waals surface area contributed by atoms with Crippen LogP contribution >= 0.6 is 41.3 Å². The Morgan fingerprint density at radius 2 is 1.07 bits per heavy atom. The van der Waals surface area contributed by atoms with Gasteiger partial charge in [-0.3, -0.25) is 15.3 Å². The fraction of sp³-hybridized carbons (Fsp3) is 1.00. The predicted octanol–water partition coefficient (Wildman–Crippen LogP) is 1.70. The van der Waals surface area contributed by atoms with Crippen LogP contribution in [0.4, 0.5) is 0 Å². The van der Waals surface area contributed by atoms with E-state index in [0.717, 1.165) is 0 Å². The molecule has 0 amide bonds. The molecular formula is C6H15Cl3N3PS. The van der Waals surface area contributed by atoms with Gasteiger partial charge in [0.25, 0.3) is 0 Å². The number of alkyl halides is 3. The average Bonchev–Trinajstić information content (AvgIpc) is 2.21. The van der Waals surface area contributed by atoms with Gasteiger partial charge in [0.2, 0.25) is 0 Å². The lowest BCUT2D eigenvalue weighted by Crippen LogP contribution is -2.34. The maximum Gasteiger partial charge on any atom is 0.137 e. The van der Waals surface area contributed by atoms with Gasteiger partial charge in [0, 0.05) is 37.3 Å². The minimum absolute atomic E-state index is 0.531. The van der Waals surface area contributed by atoms with Crippen molar-refractivity contribution in [1.82, 2.24) is 15.3 Å². The highest BCUT2D eigenvalue weighted by molar-refractivity contribution is 8.11. The van der Waals surface area contributed by atoms with Crippen LogP contribution in [0, 0.1) is 0 Å². The van der Waals surface area contributed by atoms with Crippen LogP contribution in [0.15, 0.2) is 0 Å². The van der Waals surface area contributed by atoms with E-state index >= 15 is 0 Å². The van der Waals surface area contributed by atoms with Crippen LogP contribution in [-0.4, -0.2) is 37.3 Å². The van der Waals surface area contributed by atoms with Crippen molar-refractivity contribution in [2.45, 2.75) is 0 Å². The number of nitrogens with one attached hydrogen (secondary N) is 3. The molecule has 0 unspecified atom stereocenters. The Bertz CT molecular complexity index is 155. The van der Waals surface area contributed by atoms with E-state index < -0.39 is 6.49 Å². The van der Waals surface area contributed by atoms with Crippen LogP contribution in [0.5, 0.6) is 0 Å². The predicted molar refractivity (Wildman–Crippen MR) is 70.5 cm³/mol. The summed E-state index contributed by atoms with van der Waals surface area (Å²) >= 11 is 22.1. The fourth-order valence-corrected chi connectivity index (χ4v) is 3.88. The zero-order chi connectivity index (χ0) is 10.9. The molecule has 3 N–H and O–H groups in total. The van der Waals surface area contributed by atoms with Crippen LogP contribution in [0.2, 0.25) is 0 Å². The molecule has 8 heteroatoms. The van der Waals surface area contributed by atoms with E-state index in [1.54, 1.807) is 0 Å². The molecule has 0 aromatic carbocycles. The van der Waals surface area contributed by atoms with Gasteiger partial charge in [0.05, 0.1) is 0 Å². The summed E-state index contributed by atoms with van der Waals surface area (Å²) in [5.41, 5.74) is 0. The topological polar surface area (TPSA) is 36.1 Å². The summed E-state index contributed by atoms with van der Waals surface area (Å²) in [6, 6.07) is 0. The Morgan fingerprint density at radius 1 is 0.786 bits per heavy atom. The fourth-order valence-electron chi connectivity index (χ4n) is 0.767. The van der Waals surface area contributed by atoms with Gasteiger partial charge < -0.3 is 0 Å². The van der Waals surface area contributed by atoms with Crippen molar-refractivity contribution >= 4 is 53.1 Å². The van der Waals surface area contributed by atoms with Crippen molar-refractivity contribution in [3.63, 3.8) is 0 Å². The summed E-state index contributed by atoms with van der Waals surface area (Å²) in [6.45, 7) is 0.0712. The third-order valence-corrected chi connectivity index (χ3v) is 5.02. The third kappa shape index (κ3) is 7.66. The normalized spacial score (nSPS) is 11.9. The third-order valence-electron chi connectivity index (χ3n) is 1.29. The zero-order valence-corrected chi connectivity index (χ0v) is 11.7. The molecule has 0 heterocycles. The molecular weight excluding hydrogens is 283 g/mol. The van der Waals surface area contributed by atoms with Crippen molar-refractivity contribution in [3.8, 4) is 0 Å². The van der Waals surface area contributed by atoms with Crippen LogP contribution in [0.25, 0.3) is 0 Å². The van der Waals surface area contributed by atoms with Crippen molar-refractivity contribution < 1.29 is 0 Å². The minimum atomic E-state index is -1.94. The summed E-state index contributed by atoms with van der Waals surface area (Å²) < 4.78 is 0. The molecule has 86 valence electrons. The summed E-state index contributed by atoms with van der Waals surface area (Å²) in [6.07, 6.45) is 0. The van der Waals surface area contributed by atoms with Gasteiger partial charge in [-0.1, -0.05) is 0 Å². The molecule has 0 fully saturated rings. The SMILES string of the molecule is S=P(NCCCl)(NCCCl)NCCCl. The van der Waals surface area contributed by atoms with Gasteiger partial charge in [-0.25, -0.2) is 0 Å². The lowest BCUT2D eigenvalue weighted by molar-refractivity contribution is 0.884. The van der Waals surface area contributed by atoms with Crippen LogP contribution in [-0.2, 0) is 11.8 Å². The van der Waals surface area contributed by atoms with Gasteiger partial charge in [-0.2, -0.15) is 0 Å². The van der Waals surface area contributed by atoms with Crippen LogP contribution in [0.3, 0.4) is 0 Å². The largest absolute Gasteiger partial charge is 0.264 e. The minimum Gasteiger partial charge on any atom is -0.264 e. The maximum absolute atomic E-state index is 5.58. The van der Waals surface area contributed by atoms with E-state index in [4.69, 9.17) is 46.6 Å². The van der Waals surface area contributed by atoms with Crippen molar-refractivity contribution in [1.29, 1.82) is 0 Å². The lowest BCUT2D eigenvalue weighted by Gasteiger charge is -2.24. The molecule has 0 saturated heterocycles. The van der Waals surface area contributed by atoms with E-state index in [1.807, 2.05) is 0 Å². The Balaban J connectivity index is 3.97. The second kappa shape index (κ2) is 9.61. The molecule has 0 atom stereocenters. The molecule has 0 aliphatic heterocycles. The van der Waals surface area contributed by atoms with Crippen LogP contribution < -0.4 is 15.3 Å². The lowest BCUT2D eigenvalue weighted by atomic mass is 10.8. The van der Waals surface area contributed by atoms with E-state index in [2.05, 4.69) is 15.3 Å². The van der Waals surface area contributed by atoms with Gasteiger partial charge in [0.1, 0.15) is 6.49 Å². The molecule has 0 aliphatic carbocycles. The van der Waals surface area contributed by atoms with E-state index in [9.17, 15) is 0 Å². The highest BCUT2D eigenvalue weighted by Gasteiger charge is 2.13. The van der Waals surface area contributed by atoms with Crippen molar-refractivity contribution in [3.05, 3.63) is 0 Å². The Morgan fingerprint density at radius 3 is 1.29 bits per heavy atom. The average molecular weight is 299 g/mol. The van der Waals surface area contributed by atoms with E-state index in [-0.39, 0.29) is 0 Å². The molecule has 0 radical (unpaired) electrons. The highest BCUT2D eigenvalue weighted by Crippen LogP contribution is 2.29. The van der Waals surface area contributed by atoms with Gasteiger partial charge in [0.15, 0.2) is 0 Å². The molecule has 0 aliphatic rings. The molecule has 0 bridgehead atoms. The Kier molecular flexibility index (Phi) is 10.6. The molecule has 14 heavy (non-hydrogen) atoms. The van der Waals surface area contributed by atoms with Gasteiger partial charge in [-0.05, 0) is 11.8 Å². The van der Waals surface area contributed by atoms with Crippen molar-refractivity contribution in [2.75, 3.05) is 37.3 Å². The summed E-state index contributed by atoms with van der Waals surface area (Å²) in [5, 5.41) is 9.51. The first-order valence-electron chi connectivity index (χ1n) is 4.22. The molecule has 3 nitrogen and oxygen atoms in total. The number of rotatable bonds is 9. The first-order valence-corrected chi connectivity index (χ1v) is 8.62. The number of hydrogen-bond donors (Lipinski definition) is 3. The van der Waals surface area contributed by atoms with E-state index in [0.29, 0.717) is 37.3 Å². The zero-order valence-electron chi connectivity index (χ0n) is 7.73. The first-order chi connectivity index (χ1) is 6.68. The molecule has 0 rings (SSSR count). The summed E-state index contributed by atoms with van der Waals surface area (Å²) in [5.74, 6) is 1.59. The molecule has 0 spiro atoms. The molecule has 0 aromatic heterocycles. The maximum atomic E-state index is 5.58. The number of halogens is 3. The van der Waals surface area contributed by atoms with Gasteiger partial charge >= 0.3 is 0 Å². The summed E-state index contributed by atoms with van der Waals surface area (Å²) in [4.78, 5) is 0. The highest BCUT2D eigenvalue weighted by atomic mass is 35.5. The first kappa shape index (κ1) is 15.4. The second-order valence-electron chi connectivity index (χ2n) is 2.40. The second-order valence-corrected chi connectivity index (χ2v) is 7.34. The van der Waals surface area contributed by atoms with Crippen molar-refractivity contribution in [2.24, 2.45) is 0 Å². The smallest absolute Gasteiger partial charge is 0.137 e. The molecule has 0 aromatic rings. The van der Waals surface area contributed by atoms with Gasteiger partial charge in [-0.15, -0.1) is 34.8 Å². The number of hydrogen-bond acceptors (Lipinski definition) is 1. The Hall–Kier alpha value is 1.40. The standard InChI is InChI=1S/C6H15Cl3N3PS/c7-1-4-10-13(14,11-5-2-8)12-6-3-9/h1-6H2,(H3,10,11,12,14). The summed E-state index contributed by atoms with van der Waals surface area (Å²) in [7, 11) is 0. The van der Waals surface area contributed by atoms with Crippen LogP contribution in [0.1, 0.15) is 0 Å². The van der Waals surface area contributed by atoms with E-state index in [1.165, 1.54) is 0 Å².